The van der Waals surface area contributed by atoms with Crippen LogP contribution in [-0.2, 0) is 13.2 Å². The molecule has 6 nitrogen and oxygen atoms in total. The second-order valence-corrected chi connectivity index (χ2v) is 5.59. The lowest BCUT2D eigenvalue weighted by Gasteiger charge is -2.11. The van der Waals surface area contributed by atoms with Crippen LogP contribution in [0.25, 0.3) is 11.1 Å². The molecule has 124 valence electrons. The first-order chi connectivity index (χ1) is 11.7. The Bertz CT molecular complexity index is 818. The van der Waals surface area contributed by atoms with Crippen molar-refractivity contribution in [3.63, 3.8) is 0 Å². The average Bonchev–Trinajstić information content (AvgIpc) is 3.05. The highest BCUT2D eigenvalue weighted by Gasteiger charge is 2.10. The largest absolute Gasteiger partial charge is 0.478 e. The summed E-state index contributed by atoms with van der Waals surface area (Å²) in [5.41, 5.74) is 2.83. The van der Waals surface area contributed by atoms with Crippen LogP contribution in [0.3, 0.4) is 0 Å². The molecule has 0 aliphatic heterocycles. The van der Waals surface area contributed by atoms with Gasteiger partial charge in [0, 0.05) is 16.8 Å². The Labute approximate surface area is 144 Å². The molecule has 1 N–H and O–H groups in total. The van der Waals surface area contributed by atoms with Crippen molar-refractivity contribution in [2.45, 2.75) is 20.1 Å². The van der Waals surface area contributed by atoms with Gasteiger partial charge in [-0.3, -0.25) is 0 Å². The molecule has 0 amide bonds. The topological polar surface area (TPSA) is 73.1 Å². The van der Waals surface area contributed by atoms with Crippen molar-refractivity contribution in [2.24, 2.45) is 0 Å². The maximum Gasteiger partial charge on any atom is 0.221 e. The number of pyridine rings is 1. The molecule has 0 saturated heterocycles. The molecule has 0 radical (unpaired) electrons. The maximum atomic E-state index is 9.05. The average molecular weight is 345 g/mol. The first kappa shape index (κ1) is 16.4. The Morgan fingerprint density at radius 3 is 2.67 bits per heavy atom. The SMILES string of the molecule is CCOc1ncc(Cn2cnc(CO)n2)cc1-c1ccc(Cl)cc1. The Hall–Kier alpha value is -2.44. The predicted molar refractivity (Wildman–Crippen MR) is 90.9 cm³/mol. The smallest absolute Gasteiger partial charge is 0.221 e. The summed E-state index contributed by atoms with van der Waals surface area (Å²) in [6, 6.07) is 9.56. The van der Waals surface area contributed by atoms with Gasteiger partial charge in [-0.25, -0.2) is 14.6 Å². The van der Waals surface area contributed by atoms with Crippen molar-refractivity contribution in [1.82, 2.24) is 19.7 Å². The Morgan fingerprint density at radius 2 is 2.00 bits per heavy atom. The third kappa shape index (κ3) is 3.72. The molecule has 7 heteroatoms. The highest BCUT2D eigenvalue weighted by atomic mass is 35.5. The Balaban J connectivity index is 1.94. The highest BCUT2D eigenvalue weighted by Crippen LogP contribution is 2.30. The van der Waals surface area contributed by atoms with Crippen LogP contribution in [0.2, 0.25) is 5.02 Å². The molecule has 0 atom stereocenters. The van der Waals surface area contributed by atoms with E-state index in [0.717, 1.165) is 16.7 Å². The molecule has 3 aromatic rings. The first-order valence-corrected chi connectivity index (χ1v) is 7.94. The molecule has 1 aromatic carbocycles. The molecule has 0 bridgehead atoms. The zero-order chi connectivity index (χ0) is 16.9. The molecule has 2 aromatic heterocycles. The van der Waals surface area contributed by atoms with E-state index >= 15 is 0 Å². The standard InChI is InChI=1S/C17H17ClN4O2/c1-2-24-17-15(13-3-5-14(18)6-4-13)7-12(8-19-17)9-22-11-20-16(10-23)21-22/h3-8,11,23H,2,9-10H2,1H3. The van der Waals surface area contributed by atoms with Gasteiger partial charge in [0.05, 0.1) is 13.2 Å². The van der Waals surface area contributed by atoms with Gasteiger partial charge in [0.1, 0.15) is 12.9 Å². The zero-order valence-electron chi connectivity index (χ0n) is 13.2. The van der Waals surface area contributed by atoms with E-state index in [1.165, 1.54) is 0 Å². The predicted octanol–water partition coefficient (Wildman–Crippen LogP) is 2.93. The van der Waals surface area contributed by atoms with Gasteiger partial charge in [-0.1, -0.05) is 23.7 Å². The molecule has 0 unspecified atom stereocenters. The van der Waals surface area contributed by atoms with Crippen molar-refractivity contribution in [2.75, 3.05) is 6.61 Å². The van der Waals surface area contributed by atoms with Crippen LogP contribution in [0.5, 0.6) is 5.88 Å². The summed E-state index contributed by atoms with van der Waals surface area (Å²) in [5, 5.41) is 13.9. The van der Waals surface area contributed by atoms with Crippen LogP contribution in [0.15, 0.2) is 42.9 Å². The van der Waals surface area contributed by atoms with Gasteiger partial charge in [0.2, 0.25) is 5.88 Å². The van der Waals surface area contributed by atoms with E-state index in [0.29, 0.717) is 29.9 Å². The number of aliphatic hydroxyl groups excluding tert-OH is 1. The summed E-state index contributed by atoms with van der Waals surface area (Å²) in [6.07, 6.45) is 3.34. The fourth-order valence-corrected chi connectivity index (χ4v) is 2.46. The number of ether oxygens (including phenoxy) is 1. The number of benzene rings is 1. The molecule has 0 spiro atoms. The summed E-state index contributed by atoms with van der Waals surface area (Å²) < 4.78 is 7.30. The van der Waals surface area contributed by atoms with Crippen molar-refractivity contribution in [1.29, 1.82) is 0 Å². The molecule has 2 heterocycles. The summed E-state index contributed by atoms with van der Waals surface area (Å²) >= 11 is 5.97. The maximum absolute atomic E-state index is 9.05. The van der Waals surface area contributed by atoms with E-state index in [2.05, 4.69) is 15.1 Å². The minimum Gasteiger partial charge on any atom is -0.478 e. The lowest BCUT2D eigenvalue weighted by Crippen LogP contribution is -2.04. The summed E-state index contributed by atoms with van der Waals surface area (Å²) in [4.78, 5) is 8.43. The van der Waals surface area contributed by atoms with E-state index in [-0.39, 0.29) is 6.61 Å². The fourth-order valence-electron chi connectivity index (χ4n) is 2.34. The summed E-state index contributed by atoms with van der Waals surface area (Å²) in [5.74, 6) is 0.977. The van der Waals surface area contributed by atoms with Crippen molar-refractivity contribution in [3.05, 3.63) is 59.3 Å². The zero-order valence-corrected chi connectivity index (χ0v) is 13.9. The normalized spacial score (nSPS) is 10.8. The molecular formula is C17H17ClN4O2. The Morgan fingerprint density at radius 1 is 1.21 bits per heavy atom. The molecule has 0 saturated carbocycles. The van der Waals surface area contributed by atoms with E-state index in [1.54, 1.807) is 17.2 Å². The van der Waals surface area contributed by atoms with Gasteiger partial charge in [0.15, 0.2) is 5.82 Å². The van der Waals surface area contributed by atoms with Crippen LogP contribution < -0.4 is 4.74 Å². The second-order valence-electron chi connectivity index (χ2n) is 5.15. The van der Waals surface area contributed by atoms with E-state index < -0.39 is 0 Å². The van der Waals surface area contributed by atoms with Gasteiger partial charge < -0.3 is 9.84 Å². The third-order valence-electron chi connectivity index (χ3n) is 3.41. The Kier molecular flexibility index (Phi) is 5.08. The number of hydrogen-bond donors (Lipinski definition) is 1. The number of aliphatic hydroxyl groups is 1. The lowest BCUT2D eigenvalue weighted by atomic mass is 10.1. The van der Waals surface area contributed by atoms with Crippen LogP contribution in [0.1, 0.15) is 18.3 Å². The van der Waals surface area contributed by atoms with Gasteiger partial charge in [-0.2, -0.15) is 5.10 Å². The summed E-state index contributed by atoms with van der Waals surface area (Å²) in [6.45, 7) is 2.79. The molecule has 0 fully saturated rings. The van der Waals surface area contributed by atoms with Crippen molar-refractivity contribution in [3.8, 4) is 17.0 Å². The third-order valence-corrected chi connectivity index (χ3v) is 3.67. The number of rotatable bonds is 6. The minimum absolute atomic E-state index is 0.176. The minimum atomic E-state index is -0.176. The number of hydrogen-bond acceptors (Lipinski definition) is 5. The van der Waals surface area contributed by atoms with Crippen molar-refractivity contribution >= 4 is 11.6 Å². The van der Waals surface area contributed by atoms with Gasteiger partial charge in [0.25, 0.3) is 0 Å². The first-order valence-electron chi connectivity index (χ1n) is 7.56. The molecule has 0 aliphatic carbocycles. The number of halogens is 1. The molecule has 0 aliphatic rings. The van der Waals surface area contributed by atoms with Crippen LogP contribution in [-0.4, -0.2) is 31.5 Å². The van der Waals surface area contributed by atoms with E-state index in [1.807, 2.05) is 37.3 Å². The highest BCUT2D eigenvalue weighted by molar-refractivity contribution is 6.30. The van der Waals surface area contributed by atoms with E-state index in [9.17, 15) is 0 Å². The summed E-state index contributed by atoms with van der Waals surface area (Å²) in [7, 11) is 0. The molecule has 3 rings (SSSR count). The van der Waals surface area contributed by atoms with Crippen LogP contribution >= 0.6 is 11.6 Å². The number of aromatic nitrogens is 4. The van der Waals surface area contributed by atoms with Crippen LogP contribution in [0.4, 0.5) is 0 Å². The van der Waals surface area contributed by atoms with E-state index in [4.69, 9.17) is 21.4 Å². The molecular weight excluding hydrogens is 328 g/mol. The quantitative estimate of drug-likeness (QED) is 0.744. The monoisotopic (exact) mass is 344 g/mol. The number of nitrogens with zero attached hydrogens (tertiary/aromatic N) is 4. The van der Waals surface area contributed by atoms with Crippen molar-refractivity contribution < 1.29 is 9.84 Å². The lowest BCUT2D eigenvalue weighted by molar-refractivity contribution is 0.271. The fraction of sp³-hybridized carbons (Fsp3) is 0.235. The second kappa shape index (κ2) is 7.42. The van der Waals surface area contributed by atoms with Gasteiger partial charge in [-0.05, 0) is 36.2 Å². The van der Waals surface area contributed by atoms with Gasteiger partial charge >= 0.3 is 0 Å². The van der Waals surface area contributed by atoms with Gasteiger partial charge in [-0.15, -0.1) is 0 Å². The van der Waals surface area contributed by atoms with Crippen LogP contribution in [0, 0.1) is 0 Å². The molecule has 24 heavy (non-hydrogen) atoms.